The molecule has 88 valence electrons. The number of aromatic hydroxyl groups is 1. The Morgan fingerprint density at radius 2 is 2.19 bits per heavy atom. The number of phenolic OH excluding ortho intramolecular Hbond substituents is 1. The maximum absolute atomic E-state index is 10.1. The van der Waals surface area contributed by atoms with E-state index >= 15 is 0 Å². The molecule has 1 saturated carbocycles. The van der Waals surface area contributed by atoms with Crippen LogP contribution in [0.2, 0.25) is 0 Å². The van der Waals surface area contributed by atoms with Crippen molar-refractivity contribution in [2.75, 3.05) is 13.7 Å². The number of hydrogen-bond acceptors (Lipinski definition) is 3. The van der Waals surface area contributed by atoms with Gasteiger partial charge in [-0.1, -0.05) is 15.9 Å². The lowest BCUT2D eigenvalue weighted by Gasteiger charge is -2.18. The summed E-state index contributed by atoms with van der Waals surface area (Å²) in [6, 6.07) is 3.75. The van der Waals surface area contributed by atoms with Gasteiger partial charge in [0.2, 0.25) is 0 Å². The van der Waals surface area contributed by atoms with Crippen molar-refractivity contribution in [2.45, 2.75) is 24.7 Å². The first-order valence-corrected chi connectivity index (χ1v) is 6.19. The molecule has 0 aromatic heterocycles. The third kappa shape index (κ3) is 1.92. The molecule has 16 heavy (non-hydrogen) atoms. The Kier molecular flexibility index (Phi) is 3.13. The summed E-state index contributed by atoms with van der Waals surface area (Å²) in [6.45, 7) is 0.647. The second-order valence-electron chi connectivity index (χ2n) is 4.32. The largest absolute Gasteiger partial charge is 0.504 e. The Morgan fingerprint density at radius 3 is 2.69 bits per heavy atom. The number of halogens is 1. The third-order valence-electron chi connectivity index (χ3n) is 3.31. The summed E-state index contributed by atoms with van der Waals surface area (Å²) in [7, 11) is 1.56. The van der Waals surface area contributed by atoms with Crippen LogP contribution in [0.3, 0.4) is 0 Å². The van der Waals surface area contributed by atoms with Gasteiger partial charge in [0.15, 0.2) is 11.5 Å². The third-order valence-corrected chi connectivity index (χ3v) is 3.77. The molecule has 1 aliphatic rings. The van der Waals surface area contributed by atoms with Gasteiger partial charge >= 0.3 is 0 Å². The Labute approximate surface area is 104 Å². The maximum atomic E-state index is 10.1. The van der Waals surface area contributed by atoms with Crippen LogP contribution in [0, 0.1) is 0 Å². The van der Waals surface area contributed by atoms with Gasteiger partial charge in [-0.3, -0.25) is 0 Å². The van der Waals surface area contributed by atoms with Gasteiger partial charge in [0.05, 0.1) is 7.11 Å². The predicted octanol–water partition coefficient (Wildman–Crippen LogP) is 2.54. The zero-order valence-electron chi connectivity index (χ0n) is 9.29. The lowest BCUT2D eigenvalue weighted by molar-refractivity contribution is 0.366. The fraction of sp³-hybridized carbons (Fsp3) is 0.500. The van der Waals surface area contributed by atoms with E-state index in [-0.39, 0.29) is 11.2 Å². The zero-order valence-corrected chi connectivity index (χ0v) is 10.9. The standard InChI is InChI=1S/C12H16BrNO2/c1-16-10-7-8(13)6-9(11(10)15)12(2-3-12)4-5-14/h6-7,15H,2-5,14H2,1H3. The first-order chi connectivity index (χ1) is 7.63. The molecule has 1 fully saturated rings. The summed E-state index contributed by atoms with van der Waals surface area (Å²) in [5, 5.41) is 10.1. The molecule has 0 saturated heterocycles. The predicted molar refractivity (Wildman–Crippen MR) is 66.9 cm³/mol. The fourth-order valence-electron chi connectivity index (χ4n) is 2.22. The average Bonchev–Trinajstić information content (AvgIpc) is 3.02. The second kappa shape index (κ2) is 4.26. The average molecular weight is 286 g/mol. The van der Waals surface area contributed by atoms with Crippen molar-refractivity contribution in [3.63, 3.8) is 0 Å². The number of methoxy groups -OCH3 is 1. The van der Waals surface area contributed by atoms with Crippen LogP contribution in [0.5, 0.6) is 11.5 Å². The second-order valence-corrected chi connectivity index (χ2v) is 5.24. The Morgan fingerprint density at radius 1 is 1.50 bits per heavy atom. The van der Waals surface area contributed by atoms with Crippen molar-refractivity contribution >= 4 is 15.9 Å². The van der Waals surface area contributed by atoms with Crippen LogP contribution in [0.1, 0.15) is 24.8 Å². The first kappa shape index (κ1) is 11.7. The molecule has 1 aromatic carbocycles. The topological polar surface area (TPSA) is 55.5 Å². The molecule has 3 N–H and O–H groups in total. The van der Waals surface area contributed by atoms with E-state index < -0.39 is 0 Å². The number of benzene rings is 1. The van der Waals surface area contributed by atoms with E-state index in [9.17, 15) is 5.11 Å². The molecule has 0 aliphatic heterocycles. The van der Waals surface area contributed by atoms with Gasteiger partial charge in [-0.25, -0.2) is 0 Å². The van der Waals surface area contributed by atoms with Crippen molar-refractivity contribution in [1.82, 2.24) is 0 Å². The van der Waals surface area contributed by atoms with E-state index in [4.69, 9.17) is 10.5 Å². The van der Waals surface area contributed by atoms with Crippen LogP contribution in [0.15, 0.2) is 16.6 Å². The van der Waals surface area contributed by atoms with Gasteiger partial charge in [0.1, 0.15) is 0 Å². The molecule has 4 heteroatoms. The number of ether oxygens (including phenoxy) is 1. The van der Waals surface area contributed by atoms with Crippen molar-refractivity contribution < 1.29 is 9.84 Å². The minimum absolute atomic E-state index is 0.0793. The molecule has 2 rings (SSSR count). The Hall–Kier alpha value is -0.740. The van der Waals surface area contributed by atoms with E-state index in [0.29, 0.717) is 12.3 Å². The summed E-state index contributed by atoms with van der Waals surface area (Å²) >= 11 is 3.44. The molecule has 1 aliphatic carbocycles. The van der Waals surface area contributed by atoms with Gasteiger partial charge in [0.25, 0.3) is 0 Å². The smallest absolute Gasteiger partial charge is 0.161 e. The van der Waals surface area contributed by atoms with E-state index in [1.165, 1.54) is 0 Å². The van der Waals surface area contributed by atoms with E-state index in [2.05, 4.69) is 15.9 Å². The van der Waals surface area contributed by atoms with Crippen molar-refractivity contribution in [3.05, 3.63) is 22.2 Å². The van der Waals surface area contributed by atoms with E-state index in [0.717, 1.165) is 29.3 Å². The number of hydrogen-bond donors (Lipinski definition) is 2. The molecule has 0 unspecified atom stereocenters. The van der Waals surface area contributed by atoms with Gasteiger partial charge in [-0.2, -0.15) is 0 Å². The highest BCUT2D eigenvalue weighted by molar-refractivity contribution is 9.10. The summed E-state index contributed by atoms with van der Waals surface area (Å²) in [5.41, 5.74) is 6.67. The van der Waals surface area contributed by atoms with Crippen molar-refractivity contribution in [3.8, 4) is 11.5 Å². The Balaban J connectivity index is 2.44. The summed E-state index contributed by atoms with van der Waals surface area (Å²) in [5.74, 6) is 0.782. The van der Waals surface area contributed by atoms with Crippen LogP contribution < -0.4 is 10.5 Å². The highest BCUT2D eigenvalue weighted by atomic mass is 79.9. The summed E-state index contributed by atoms with van der Waals surface area (Å²) < 4.78 is 6.09. The molecule has 0 bridgehead atoms. The molecule has 0 amide bonds. The van der Waals surface area contributed by atoms with Crippen molar-refractivity contribution in [2.24, 2.45) is 5.73 Å². The first-order valence-electron chi connectivity index (χ1n) is 5.40. The highest BCUT2D eigenvalue weighted by Crippen LogP contribution is 2.55. The number of phenols is 1. The highest BCUT2D eigenvalue weighted by Gasteiger charge is 2.45. The van der Waals surface area contributed by atoms with Gasteiger partial charge in [0, 0.05) is 15.5 Å². The van der Waals surface area contributed by atoms with Gasteiger partial charge in [-0.15, -0.1) is 0 Å². The summed E-state index contributed by atoms with van der Waals surface area (Å²) in [4.78, 5) is 0. The maximum Gasteiger partial charge on any atom is 0.161 e. The molecule has 3 nitrogen and oxygen atoms in total. The summed E-state index contributed by atoms with van der Waals surface area (Å²) in [6.07, 6.45) is 3.11. The van der Waals surface area contributed by atoms with Gasteiger partial charge < -0.3 is 15.6 Å². The van der Waals surface area contributed by atoms with Crippen LogP contribution >= 0.6 is 15.9 Å². The fourth-order valence-corrected chi connectivity index (χ4v) is 2.65. The molecular formula is C12H16BrNO2. The normalized spacial score (nSPS) is 17.2. The molecule has 0 radical (unpaired) electrons. The van der Waals surface area contributed by atoms with Crippen LogP contribution in [0.25, 0.3) is 0 Å². The SMILES string of the molecule is COc1cc(Br)cc(C2(CCN)CC2)c1O. The zero-order chi connectivity index (χ0) is 11.8. The number of nitrogens with two attached hydrogens (primary N) is 1. The molecule has 0 heterocycles. The van der Waals surface area contributed by atoms with Crippen LogP contribution in [-0.2, 0) is 5.41 Å². The molecule has 0 spiro atoms. The Bertz CT molecular complexity index is 402. The van der Waals surface area contributed by atoms with Gasteiger partial charge in [-0.05, 0) is 37.9 Å². The van der Waals surface area contributed by atoms with E-state index in [1.807, 2.05) is 6.07 Å². The van der Waals surface area contributed by atoms with Crippen molar-refractivity contribution in [1.29, 1.82) is 0 Å². The molecule has 1 aromatic rings. The lowest BCUT2D eigenvalue weighted by Crippen LogP contribution is -2.13. The minimum Gasteiger partial charge on any atom is -0.504 e. The minimum atomic E-state index is 0.0793. The lowest BCUT2D eigenvalue weighted by atomic mass is 9.91. The van der Waals surface area contributed by atoms with Crippen LogP contribution in [-0.4, -0.2) is 18.8 Å². The molecule has 0 atom stereocenters. The quantitative estimate of drug-likeness (QED) is 0.894. The molecular weight excluding hydrogens is 270 g/mol. The van der Waals surface area contributed by atoms with Crippen LogP contribution in [0.4, 0.5) is 0 Å². The monoisotopic (exact) mass is 285 g/mol. The van der Waals surface area contributed by atoms with E-state index in [1.54, 1.807) is 13.2 Å². The number of rotatable bonds is 4.